The number of urea groups is 1. The lowest BCUT2D eigenvalue weighted by Gasteiger charge is -2.14. The molecule has 0 saturated carbocycles. The number of aliphatic hydroxyl groups is 1. The normalized spacial score (nSPS) is 12.1. The number of hydrogen-bond donors (Lipinski definition) is 4. The number of fused-ring (bicyclic) bond motifs is 1. The zero-order chi connectivity index (χ0) is 19.4. The zero-order valence-corrected chi connectivity index (χ0v) is 15.7. The van der Waals surface area contributed by atoms with Crippen molar-refractivity contribution in [1.29, 1.82) is 0 Å². The molecule has 3 rings (SSSR count). The highest BCUT2D eigenvalue weighted by atomic mass is 35.5. The van der Waals surface area contributed by atoms with Gasteiger partial charge in [-0.1, -0.05) is 29.3 Å². The Morgan fingerprint density at radius 1 is 1.19 bits per heavy atom. The summed E-state index contributed by atoms with van der Waals surface area (Å²) in [6.45, 7) is 0.410. The summed E-state index contributed by atoms with van der Waals surface area (Å²) < 4.78 is 13.2. The first-order valence-corrected chi connectivity index (χ1v) is 9.10. The maximum atomic E-state index is 13.2. The van der Waals surface area contributed by atoms with E-state index in [2.05, 4.69) is 15.6 Å². The van der Waals surface area contributed by atoms with Crippen molar-refractivity contribution >= 4 is 40.1 Å². The second-order valence-corrected chi connectivity index (χ2v) is 6.92. The maximum Gasteiger partial charge on any atom is 0.314 e. The van der Waals surface area contributed by atoms with Crippen molar-refractivity contribution in [3.8, 4) is 0 Å². The van der Waals surface area contributed by atoms with Crippen molar-refractivity contribution in [2.24, 2.45) is 0 Å². The summed E-state index contributed by atoms with van der Waals surface area (Å²) in [6.07, 6.45) is 1.45. The lowest BCUT2D eigenvalue weighted by atomic mass is 10.1. The molecule has 0 saturated heterocycles. The Kier molecular flexibility index (Phi) is 6.21. The molecule has 3 aromatic rings. The number of carbonyl (C=O) groups excluding carboxylic acids is 1. The van der Waals surface area contributed by atoms with E-state index in [9.17, 15) is 14.3 Å². The molecule has 2 aromatic carbocycles. The largest absolute Gasteiger partial charge is 0.387 e. The molecule has 5 nitrogen and oxygen atoms in total. The van der Waals surface area contributed by atoms with E-state index < -0.39 is 12.1 Å². The molecule has 1 unspecified atom stereocenters. The highest BCUT2D eigenvalue weighted by Gasteiger charge is 2.13. The predicted molar refractivity (Wildman–Crippen MR) is 105 cm³/mol. The number of H-pyrrole nitrogens is 1. The number of aromatic nitrogens is 1. The second-order valence-electron chi connectivity index (χ2n) is 6.07. The van der Waals surface area contributed by atoms with Crippen LogP contribution in [0.3, 0.4) is 0 Å². The summed E-state index contributed by atoms with van der Waals surface area (Å²) in [4.78, 5) is 14.9. The first-order valence-electron chi connectivity index (χ1n) is 8.34. The molecule has 1 atom stereocenters. The Hall–Kier alpha value is -2.28. The van der Waals surface area contributed by atoms with E-state index in [-0.39, 0.29) is 12.4 Å². The second kappa shape index (κ2) is 8.61. The highest BCUT2D eigenvalue weighted by Crippen LogP contribution is 2.26. The summed E-state index contributed by atoms with van der Waals surface area (Å²) >= 11 is 11.9. The fourth-order valence-electron chi connectivity index (χ4n) is 2.81. The van der Waals surface area contributed by atoms with Crippen molar-refractivity contribution in [2.75, 3.05) is 13.1 Å². The van der Waals surface area contributed by atoms with Crippen molar-refractivity contribution in [3.63, 3.8) is 0 Å². The molecule has 142 valence electrons. The molecule has 0 spiro atoms. The molecule has 0 bridgehead atoms. The first kappa shape index (κ1) is 19.5. The fraction of sp³-hybridized carbons (Fsp3) is 0.211. The monoisotopic (exact) mass is 409 g/mol. The van der Waals surface area contributed by atoms with Crippen LogP contribution in [0.2, 0.25) is 10.0 Å². The third-order valence-corrected chi connectivity index (χ3v) is 4.75. The Labute approximate surface area is 165 Å². The Morgan fingerprint density at radius 3 is 2.78 bits per heavy atom. The van der Waals surface area contributed by atoms with E-state index in [0.717, 1.165) is 16.5 Å². The highest BCUT2D eigenvalue weighted by molar-refractivity contribution is 6.35. The van der Waals surface area contributed by atoms with Crippen LogP contribution >= 0.6 is 23.2 Å². The van der Waals surface area contributed by atoms with Gasteiger partial charge in [-0.05, 0) is 42.3 Å². The van der Waals surface area contributed by atoms with Gasteiger partial charge in [-0.15, -0.1) is 0 Å². The lowest BCUT2D eigenvalue weighted by Crippen LogP contribution is -2.38. The van der Waals surface area contributed by atoms with Crippen molar-refractivity contribution < 1.29 is 14.3 Å². The maximum absolute atomic E-state index is 13.2. The van der Waals surface area contributed by atoms with Crippen molar-refractivity contribution in [3.05, 3.63) is 69.6 Å². The van der Waals surface area contributed by atoms with Gasteiger partial charge in [0.1, 0.15) is 5.82 Å². The molecule has 2 amide bonds. The number of amides is 2. The third kappa shape index (κ3) is 4.91. The van der Waals surface area contributed by atoms with E-state index in [4.69, 9.17) is 23.2 Å². The molecular weight excluding hydrogens is 392 g/mol. The van der Waals surface area contributed by atoms with Gasteiger partial charge >= 0.3 is 6.03 Å². The van der Waals surface area contributed by atoms with Crippen LogP contribution in [0.1, 0.15) is 17.2 Å². The molecule has 0 aliphatic carbocycles. The van der Waals surface area contributed by atoms with Crippen LogP contribution in [-0.2, 0) is 6.42 Å². The van der Waals surface area contributed by atoms with Gasteiger partial charge in [0.05, 0.1) is 6.10 Å². The van der Waals surface area contributed by atoms with Gasteiger partial charge in [0, 0.05) is 45.8 Å². The quantitative estimate of drug-likeness (QED) is 0.492. The van der Waals surface area contributed by atoms with Gasteiger partial charge < -0.3 is 20.7 Å². The van der Waals surface area contributed by atoms with E-state index in [0.29, 0.717) is 28.6 Å². The molecule has 0 aliphatic heterocycles. The molecular formula is C19H18Cl2FN3O2. The Balaban J connectivity index is 1.46. The molecule has 4 N–H and O–H groups in total. The van der Waals surface area contributed by atoms with E-state index in [1.54, 1.807) is 24.4 Å². The molecule has 1 aromatic heterocycles. The van der Waals surface area contributed by atoms with Crippen molar-refractivity contribution in [2.45, 2.75) is 12.5 Å². The number of benzene rings is 2. The van der Waals surface area contributed by atoms with E-state index in [1.165, 1.54) is 18.2 Å². The summed E-state index contributed by atoms with van der Waals surface area (Å²) in [5, 5.41) is 17.2. The van der Waals surface area contributed by atoms with Crippen LogP contribution in [0.5, 0.6) is 0 Å². The molecule has 0 radical (unpaired) electrons. The minimum Gasteiger partial charge on any atom is -0.387 e. The van der Waals surface area contributed by atoms with Gasteiger partial charge in [-0.2, -0.15) is 0 Å². The van der Waals surface area contributed by atoms with Gasteiger partial charge in [-0.3, -0.25) is 0 Å². The number of rotatable bonds is 6. The van der Waals surface area contributed by atoms with E-state index in [1.807, 2.05) is 0 Å². The van der Waals surface area contributed by atoms with Crippen LogP contribution in [0.25, 0.3) is 10.9 Å². The first-order chi connectivity index (χ1) is 12.9. The third-order valence-electron chi connectivity index (χ3n) is 4.19. The summed E-state index contributed by atoms with van der Waals surface area (Å²) in [5.41, 5.74) is 2.20. The summed E-state index contributed by atoms with van der Waals surface area (Å²) in [7, 11) is 0. The van der Waals surface area contributed by atoms with E-state index >= 15 is 0 Å². The number of halogens is 3. The predicted octanol–water partition coefficient (Wildman–Crippen LogP) is 4.19. The van der Waals surface area contributed by atoms with Gasteiger partial charge in [0.15, 0.2) is 0 Å². The molecule has 27 heavy (non-hydrogen) atoms. The zero-order valence-electron chi connectivity index (χ0n) is 14.2. The van der Waals surface area contributed by atoms with Crippen LogP contribution in [-0.4, -0.2) is 29.2 Å². The SMILES string of the molecule is O=C(NCCc1c[nH]c2cc(F)ccc12)NCC(O)c1ccc(Cl)cc1Cl. The van der Waals surface area contributed by atoms with Gasteiger partial charge in [-0.25, -0.2) is 9.18 Å². The van der Waals surface area contributed by atoms with Crippen LogP contribution < -0.4 is 10.6 Å². The average molecular weight is 410 g/mol. The average Bonchev–Trinajstić information content (AvgIpc) is 3.01. The lowest BCUT2D eigenvalue weighted by molar-refractivity contribution is 0.173. The summed E-state index contributed by atoms with van der Waals surface area (Å²) in [6, 6.07) is 8.93. The molecule has 0 fully saturated rings. The molecule has 0 aliphatic rings. The summed E-state index contributed by atoms with van der Waals surface area (Å²) in [5.74, 6) is -0.298. The Bertz CT molecular complexity index is 961. The molecule has 8 heteroatoms. The number of aromatic amines is 1. The Morgan fingerprint density at radius 2 is 2.00 bits per heavy atom. The fourth-order valence-corrected chi connectivity index (χ4v) is 3.34. The number of aliphatic hydroxyl groups excluding tert-OH is 1. The standard InChI is InChI=1S/C19H18Cl2FN3O2/c20-12-1-3-15(16(21)7-12)18(26)10-25-19(27)23-6-5-11-9-24-17-8-13(22)2-4-14(11)17/h1-4,7-9,18,24,26H,5-6,10H2,(H2,23,25,27). The van der Waals surface area contributed by atoms with Crippen LogP contribution in [0.4, 0.5) is 9.18 Å². The minimum absolute atomic E-state index is 0.0134. The van der Waals surface area contributed by atoms with Gasteiger partial charge in [0.2, 0.25) is 0 Å². The number of nitrogens with one attached hydrogen (secondary N) is 3. The number of hydrogen-bond acceptors (Lipinski definition) is 2. The smallest absolute Gasteiger partial charge is 0.314 e. The van der Waals surface area contributed by atoms with Crippen LogP contribution in [0.15, 0.2) is 42.6 Å². The van der Waals surface area contributed by atoms with Crippen molar-refractivity contribution in [1.82, 2.24) is 15.6 Å². The topological polar surface area (TPSA) is 77.2 Å². The van der Waals surface area contributed by atoms with Crippen LogP contribution in [0, 0.1) is 5.82 Å². The minimum atomic E-state index is -0.941. The van der Waals surface area contributed by atoms with Gasteiger partial charge in [0.25, 0.3) is 0 Å². The number of carbonyl (C=O) groups is 1. The molecule has 1 heterocycles.